The van der Waals surface area contributed by atoms with Crippen LogP contribution in [0.5, 0.6) is 0 Å². The van der Waals surface area contributed by atoms with E-state index in [0.717, 1.165) is 12.5 Å². The molecule has 1 nitrogen and oxygen atoms in total. The Morgan fingerprint density at radius 2 is 2.18 bits per heavy atom. The van der Waals surface area contributed by atoms with E-state index in [1.54, 1.807) is 5.57 Å². The second-order valence-electron chi connectivity index (χ2n) is 3.88. The summed E-state index contributed by atoms with van der Waals surface area (Å²) in [4.78, 5) is 4.33. The van der Waals surface area contributed by atoms with Gasteiger partial charge in [0.1, 0.15) is 0 Å². The lowest BCUT2D eigenvalue weighted by atomic mass is 9.97. The molecule has 11 heavy (non-hydrogen) atoms. The maximum atomic E-state index is 4.33. The molecule has 0 aromatic carbocycles. The summed E-state index contributed by atoms with van der Waals surface area (Å²) in [6, 6.07) is 0. The van der Waals surface area contributed by atoms with Gasteiger partial charge >= 0.3 is 0 Å². The van der Waals surface area contributed by atoms with E-state index < -0.39 is 0 Å². The van der Waals surface area contributed by atoms with Gasteiger partial charge in [0, 0.05) is 6.21 Å². The molecule has 1 aliphatic carbocycles. The zero-order valence-corrected chi connectivity index (χ0v) is 7.30. The van der Waals surface area contributed by atoms with Crippen molar-refractivity contribution in [3.8, 4) is 0 Å². The second-order valence-corrected chi connectivity index (χ2v) is 3.88. The van der Waals surface area contributed by atoms with Crippen molar-refractivity contribution in [2.75, 3.05) is 6.54 Å². The van der Waals surface area contributed by atoms with Gasteiger partial charge in [0.05, 0.1) is 6.54 Å². The molecule has 1 saturated carbocycles. The minimum Gasteiger partial charge on any atom is -0.288 e. The highest BCUT2D eigenvalue weighted by Crippen LogP contribution is 2.40. The fourth-order valence-electron chi connectivity index (χ4n) is 1.73. The third-order valence-electron chi connectivity index (χ3n) is 2.55. The van der Waals surface area contributed by atoms with Gasteiger partial charge in [0.2, 0.25) is 0 Å². The van der Waals surface area contributed by atoms with Crippen LogP contribution in [0.3, 0.4) is 0 Å². The molecule has 0 spiro atoms. The Morgan fingerprint density at radius 1 is 1.45 bits per heavy atom. The number of hydrogen-bond donors (Lipinski definition) is 0. The van der Waals surface area contributed by atoms with Crippen LogP contribution in [0, 0.1) is 11.8 Å². The standard InChI is InChI=1S/C10H15N/c1-7(2)9-5-11-6-10(9)8-3-4-8/h5,7-8H,3-4,6H2,1-2H3. The predicted molar refractivity (Wildman–Crippen MR) is 47.9 cm³/mol. The van der Waals surface area contributed by atoms with Crippen LogP contribution in [0.15, 0.2) is 16.1 Å². The lowest BCUT2D eigenvalue weighted by Gasteiger charge is -2.06. The van der Waals surface area contributed by atoms with Crippen molar-refractivity contribution in [2.24, 2.45) is 16.8 Å². The van der Waals surface area contributed by atoms with E-state index in [1.165, 1.54) is 18.4 Å². The highest BCUT2D eigenvalue weighted by Gasteiger charge is 2.29. The smallest absolute Gasteiger partial charge is 0.0608 e. The summed E-state index contributed by atoms with van der Waals surface area (Å²) in [6.07, 6.45) is 4.90. The van der Waals surface area contributed by atoms with Gasteiger partial charge in [0.15, 0.2) is 0 Å². The number of nitrogens with zero attached hydrogens (tertiary/aromatic N) is 1. The van der Waals surface area contributed by atoms with Crippen LogP contribution in [0.1, 0.15) is 26.7 Å². The van der Waals surface area contributed by atoms with E-state index in [4.69, 9.17) is 0 Å². The average molecular weight is 149 g/mol. The topological polar surface area (TPSA) is 12.4 Å². The highest BCUT2D eigenvalue weighted by atomic mass is 14.7. The summed E-state index contributed by atoms with van der Waals surface area (Å²) in [5.74, 6) is 1.59. The molecule has 60 valence electrons. The zero-order valence-electron chi connectivity index (χ0n) is 7.30. The quantitative estimate of drug-likeness (QED) is 0.572. The molecule has 1 aliphatic heterocycles. The molecule has 0 N–H and O–H groups in total. The van der Waals surface area contributed by atoms with Crippen LogP contribution in [-0.4, -0.2) is 12.8 Å². The van der Waals surface area contributed by atoms with E-state index in [2.05, 4.69) is 25.1 Å². The van der Waals surface area contributed by atoms with Crippen LogP contribution in [-0.2, 0) is 0 Å². The molecule has 0 saturated heterocycles. The van der Waals surface area contributed by atoms with Gasteiger partial charge < -0.3 is 0 Å². The number of rotatable bonds is 2. The monoisotopic (exact) mass is 149 g/mol. The number of hydrogen-bond acceptors (Lipinski definition) is 1. The van der Waals surface area contributed by atoms with E-state index in [1.807, 2.05) is 0 Å². The lowest BCUT2D eigenvalue weighted by molar-refractivity contribution is 0.781. The summed E-state index contributed by atoms with van der Waals surface area (Å²) in [6.45, 7) is 5.52. The van der Waals surface area contributed by atoms with Crippen molar-refractivity contribution in [2.45, 2.75) is 26.7 Å². The van der Waals surface area contributed by atoms with Crippen molar-refractivity contribution in [3.63, 3.8) is 0 Å². The van der Waals surface area contributed by atoms with E-state index in [-0.39, 0.29) is 0 Å². The third-order valence-corrected chi connectivity index (χ3v) is 2.55. The predicted octanol–water partition coefficient (Wildman–Crippen LogP) is 2.43. The van der Waals surface area contributed by atoms with Gasteiger partial charge in [-0.05, 0) is 35.8 Å². The molecule has 0 amide bonds. The SMILES string of the molecule is CC(C)C1=C(C2CC2)CN=C1. The minimum absolute atomic E-state index is 0.678. The molecule has 0 unspecified atom stereocenters. The van der Waals surface area contributed by atoms with Crippen molar-refractivity contribution >= 4 is 6.21 Å². The van der Waals surface area contributed by atoms with Gasteiger partial charge in [-0.3, -0.25) is 4.99 Å². The summed E-state index contributed by atoms with van der Waals surface area (Å²) < 4.78 is 0. The second kappa shape index (κ2) is 2.47. The van der Waals surface area contributed by atoms with E-state index in [9.17, 15) is 0 Å². The van der Waals surface area contributed by atoms with Crippen molar-refractivity contribution in [3.05, 3.63) is 11.1 Å². The van der Waals surface area contributed by atoms with Crippen LogP contribution in [0.4, 0.5) is 0 Å². The minimum atomic E-state index is 0.678. The lowest BCUT2D eigenvalue weighted by Crippen LogP contribution is -1.98. The molecule has 0 radical (unpaired) electrons. The van der Waals surface area contributed by atoms with Gasteiger partial charge in [-0.1, -0.05) is 13.8 Å². The van der Waals surface area contributed by atoms with Crippen LogP contribution in [0.25, 0.3) is 0 Å². The van der Waals surface area contributed by atoms with Crippen molar-refractivity contribution in [1.29, 1.82) is 0 Å². The highest BCUT2D eigenvalue weighted by molar-refractivity contribution is 5.83. The molecule has 0 aromatic rings. The first-order valence-electron chi connectivity index (χ1n) is 4.52. The molecule has 0 bridgehead atoms. The molecule has 2 aliphatic rings. The molecule has 1 heterocycles. The van der Waals surface area contributed by atoms with Crippen LogP contribution < -0.4 is 0 Å². The van der Waals surface area contributed by atoms with Gasteiger partial charge in [0.25, 0.3) is 0 Å². The Labute approximate surface area is 68.2 Å². The first kappa shape index (κ1) is 7.08. The largest absolute Gasteiger partial charge is 0.288 e. The Balaban J connectivity index is 2.21. The van der Waals surface area contributed by atoms with Crippen LogP contribution >= 0.6 is 0 Å². The molecular weight excluding hydrogens is 134 g/mol. The zero-order chi connectivity index (χ0) is 7.84. The van der Waals surface area contributed by atoms with Crippen molar-refractivity contribution < 1.29 is 0 Å². The summed E-state index contributed by atoms with van der Waals surface area (Å²) in [7, 11) is 0. The Morgan fingerprint density at radius 3 is 2.73 bits per heavy atom. The van der Waals surface area contributed by atoms with E-state index >= 15 is 0 Å². The first-order valence-corrected chi connectivity index (χ1v) is 4.52. The van der Waals surface area contributed by atoms with Gasteiger partial charge in [-0.25, -0.2) is 0 Å². The molecule has 2 rings (SSSR count). The molecule has 0 aromatic heterocycles. The van der Waals surface area contributed by atoms with Crippen molar-refractivity contribution in [1.82, 2.24) is 0 Å². The van der Waals surface area contributed by atoms with E-state index in [0.29, 0.717) is 5.92 Å². The Bertz CT molecular complexity index is 219. The van der Waals surface area contributed by atoms with Gasteiger partial charge in [-0.15, -0.1) is 0 Å². The Hall–Kier alpha value is -0.590. The summed E-state index contributed by atoms with van der Waals surface area (Å²) in [5, 5.41) is 0. The summed E-state index contributed by atoms with van der Waals surface area (Å²) in [5.41, 5.74) is 3.16. The fourth-order valence-corrected chi connectivity index (χ4v) is 1.73. The third kappa shape index (κ3) is 1.24. The van der Waals surface area contributed by atoms with Gasteiger partial charge in [-0.2, -0.15) is 0 Å². The normalized spacial score (nSPS) is 23.9. The average Bonchev–Trinajstić information content (AvgIpc) is 2.68. The first-order chi connectivity index (χ1) is 5.29. The molecule has 1 heteroatoms. The summed E-state index contributed by atoms with van der Waals surface area (Å²) >= 11 is 0. The fraction of sp³-hybridized carbons (Fsp3) is 0.700. The maximum Gasteiger partial charge on any atom is 0.0608 e. The molecule has 1 fully saturated rings. The Kier molecular flexibility index (Phi) is 1.59. The molecular formula is C10H15N. The van der Waals surface area contributed by atoms with Crippen LogP contribution in [0.2, 0.25) is 0 Å². The maximum absolute atomic E-state index is 4.33. The number of allylic oxidation sites excluding steroid dienone is 1. The molecule has 0 atom stereocenters. The number of aliphatic imine (C=N–C) groups is 1.